The summed E-state index contributed by atoms with van der Waals surface area (Å²) in [4.78, 5) is 15.1. The van der Waals surface area contributed by atoms with Gasteiger partial charge in [-0.2, -0.15) is 4.31 Å². The number of hydrogen-bond donors (Lipinski definition) is 1. The Bertz CT molecular complexity index is 879. The minimum atomic E-state index is -3.87. The first-order valence-electron chi connectivity index (χ1n) is 8.68. The highest BCUT2D eigenvalue weighted by molar-refractivity contribution is 7.89. The minimum absolute atomic E-state index is 0.0891. The van der Waals surface area contributed by atoms with E-state index in [4.69, 9.17) is 0 Å². The van der Waals surface area contributed by atoms with E-state index in [0.717, 1.165) is 10.9 Å². The van der Waals surface area contributed by atoms with Crippen molar-refractivity contribution in [3.05, 3.63) is 52.5 Å². The van der Waals surface area contributed by atoms with Crippen LogP contribution in [0, 0.1) is 5.82 Å². The summed E-state index contributed by atoms with van der Waals surface area (Å²) in [6, 6.07) is 8.92. The van der Waals surface area contributed by atoms with Gasteiger partial charge in [0.1, 0.15) is 10.7 Å². The van der Waals surface area contributed by atoms with Crippen molar-refractivity contribution in [1.82, 2.24) is 14.5 Å². The lowest BCUT2D eigenvalue weighted by Crippen LogP contribution is -2.54. The maximum absolute atomic E-state index is 13.9. The van der Waals surface area contributed by atoms with Crippen LogP contribution in [0.3, 0.4) is 0 Å². The zero-order valence-electron chi connectivity index (χ0n) is 15.0. The smallest absolute Gasteiger partial charge is 0.246 e. The van der Waals surface area contributed by atoms with Crippen molar-refractivity contribution in [2.24, 2.45) is 0 Å². The van der Waals surface area contributed by atoms with Crippen molar-refractivity contribution in [2.45, 2.75) is 24.4 Å². The van der Waals surface area contributed by atoms with Gasteiger partial charge in [0.05, 0.1) is 12.6 Å². The van der Waals surface area contributed by atoms with Crippen LogP contribution in [0.2, 0.25) is 0 Å². The number of thiophene rings is 1. The summed E-state index contributed by atoms with van der Waals surface area (Å²) in [6.45, 7) is 3.58. The quantitative estimate of drug-likeness (QED) is 0.788. The molecule has 1 saturated heterocycles. The predicted octanol–water partition coefficient (Wildman–Crippen LogP) is 1.90. The molecule has 0 saturated carbocycles. The molecule has 1 fully saturated rings. The molecular weight excluding hydrogens is 389 g/mol. The van der Waals surface area contributed by atoms with E-state index >= 15 is 0 Å². The number of piperazine rings is 1. The fourth-order valence-corrected chi connectivity index (χ4v) is 5.16. The van der Waals surface area contributed by atoms with Gasteiger partial charge < -0.3 is 5.32 Å². The summed E-state index contributed by atoms with van der Waals surface area (Å²) in [5.41, 5.74) is 0. The van der Waals surface area contributed by atoms with Crippen LogP contribution < -0.4 is 5.32 Å². The van der Waals surface area contributed by atoms with Crippen molar-refractivity contribution >= 4 is 27.3 Å². The van der Waals surface area contributed by atoms with E-state index in [1.54, 1.807) is 11.3 Å². The van der Waals surface area contributed by atoms with Gasteiger partial charge in [-0.3, -0.25) is 9.69 Å². The van der Waals surface area contributed by atoms with Gasteiger partial charge in [0.25, 0.3) is 0 Å². The van der Waals surface area contributed by atoms with Crippen LogP contribution in [-0.4, -0.2) is 55.8 Å². The maximum Gasteiger partial charge on any atom is 0.246 e. The second-order valence-corrected chi connectivity index (χ2v) is 9.28. The summed E-state index contributed by atoms with van der Waals surface area (Å²) in [5, 5.41) is 4.86. The highest BCUT2D eigenvalue weighted by atomic mass is 32.2. The first-order valence-corrected chi connectivity index (χ1v) is 11.0. The number of hydrogen-bond acceptors (Lipinski definition) is 5. The zero-order chi connectivity index (χ0) is 19.4. The molecule has 1 atom stereocenters. The monoisotopic (exact) mass is 411 g/mol. The molecular formula is C18H22FN3O3S2. The molecule has 1 amide bonds. The van der Waals surface area contributed by atoms with E-state index in [9.17, 15) is 17.6 Å². The summed E-state index contributed by atoms with van der Waals surface area (Å²) in [7, 11) is -3.87. The summed E-state index contributed by atoms with van der Waals surface area (Å²) in [6.07, 6.45) is 0. The van der Waals surface area contributed by atoms with Gasteiger partial charge in [0.15, 0.2) is 0 Å². The van der Waals surface area contributed by atoms with Gasteiger partial charge in [0.2, 0.25) is 15.9 Å². The summed E-state index contributed by atoms with van der Waals surface area (Å²) in [5.74, 6) is -0.838. The average Bonchev–Trinajstić information content (AvgIpc) is 3.19. The lowest BCUT2D eigenvalue weighted by atomic mass is 10.2. The molecule has 0 unspecified atom stereocenters. The molecule has 2 heterocycles. The third-order valence-corrected chi connectivity index (χ3v) is 7.48. The Kier molecular flexibility index (Phi) is 6.25. The second-order valence-electron chi connectivity index (χ2n) is 6.34. The topological polar surface area (TPSA) is 69.7 Å². The van der Waals surface area contributed by atoms with E-state index in [1.807, 2.05) is 29.3 Å². The maximum atomic E-state index is 13.9. The molecule has 0 spiro atoms. The van der Waals surface area contributed by atoms with Gasteiger partial charge in [0, 0.05) is 31.1 Å². The minimum Gasteiger partial charge on any atom is -0.350 e. The normalized spacial score (nSPS) is 17.6. The molecule has 1 aliphatic rings. The number of carbonyl (C=O) groups excluding carboxylic acids is 1. The van der Waals surface area contributed by atoms with Crippen LogP contribution in [-0.2, 0) is 21.4 Å². The molecule has 0 aliphatic carbocycles. The van der Waals surface area contributed by atoms with Crippen LogP contribution in [0.15, 0.2) is 46.7 Å². The molecule has 9 heteroatoms. The van der Waals surface area contributed by atoms with E-state index in [0.29, 0.717) is 19.6 Å². The Labute approximate surface area is 162 Å². The van der Waals surface area contributed by atoms with Crippen molar-refractivity contribution in [1.29, 1.82) is 0 Å². The number of carbonyl (C=O) groups is 1. The molecule has 0 bridgehead atoms. The fourth-order valence-electron chi connectivity index (χ4n) is 3.03. The van der Waals surface area contributed by atoms with Crippen LogP contribution in [0.4, 0.5) is 4.39 Å². The van der Waals surface area contributed by atoms with Gasteiger partial charge in [-0.1, -0.05) is 18.2 Å². The Morgan fingerprint density at radius 2 is 1.89 bits per heavy atom. The zero-order valence-corrected chi connectivity index (χ0v) is 16.6. The second kappa shape index (κ2) is 8.47. The molecule has 146 valence electrons. The molecule has 1 N–H and O–H groups in total. The molecule has 0 radical (unpaired) electrons. The van der Waals surface area contributed by atoms with Crippen LogP contribution in [0.1, 0.15) is 11.8 Å². The molecule has 3 rings (SSSR count). The van der Waals surface area contributed by atoms with Crippen LogP contribution in [0.25, 0.3) is 0 Å². The van der Waals surface area contributed by atoms with E-state index < -0.39 is 15.8 Å². The summed E-state index contributed by atoms with van der Waals surface area (Å²) < 4.78 is 40.4. The number of rotatable bonds is 6. The predicted molar refractivity (Wildman–Crippen MR) is 102 cm³/mol. The lowest BCUT2D eigenvalue weighted by Gasteiger charge is -2.36. The van der Waals surface area contributed by atoms with Gasteiger partial charge in [-0.15, -0.1) is 11.3 Å². The molecule has 6 nitrogen and oxygen atoms in total. The lowest BCUT2D eigenvalue weighted by molar-refractivity contribution is -0.126. The number of nitrogens with zero attached hydrogens (tertiary/aromatic N) is 2. The highest BCUT2D eigenvalue weighted by Crippen LogP contribution is 2.21. The average molecular weight is 412 g/mol. The first-order chi connectivity index (χ1) is 12.9. The van der Waals surface area contributed by atoms with Crippen molar-refractivity contribution in [3.63, 3.8) is 0 Å². The van der Waals surface area contributed by atoms with Gasteiger partial charge >= 0.3 is 0 Å². The Morgan fingerprint density at radius 3 is 2.52 bits per heavy atom. The third-order valence-electron chi connectivity index (χ3n) is 4.67. The number of halogens is 1. The first kappa shape index (κ1) is 19.9. The SMILES string of the molecule is C[C@H](C(=O)NCc1cccs1)N1CCN(S(=O)(=O)c2ccccc2F)CC1. The van der Waals surface area contributed by atoms with Gasteiger partial charge in [-0.05, 0) is 30.5 Å². The Morgan fingerprint density at radius 1 is 1.19 bits per heavy atom. The summed E-state index contributed by atoms with van der Waals surface area (Å²) >= 11 is 1.58. The van der Waals surface area contributed by atoms with Gasteiger partial charge in [-0.25, -0.2) is 12.8 Å². The largest absolute Gasteiger partial charge is 0.350 e. The van der Waals surface area contributed by atoms with E-state index in [1.165, 1.54) is 22.5 Å². The van der Waals surface area contributed by atoms with Crippen molar-refractivity contribution in [3.8, 4) is 0 Å². The third kappa shape index (κ3) is 4.55. The molecule has 2 aromatic rings. The van der Waals surface area contributed by atoms with E-state index in [-0.39, 0.29) is 29.9 Å². The number of nitrogens with one attached hydrogen (secondary N) is 1. The molecule has 27 heavy (non-hydrogen) atoms. The number of benzene rings is 1. The number of amides is 1. The van der Waals surface area contributed by atoms with Crippen LogP contribution >= 0.6 is 11.3 Å². The van der Waals surface area contributed by atoms with Crippen molar-refractivity contribution < 1.29 is 17.6 Å². The van der Waals surface area contributed by atoms with Crippen LogP contribution in [0.5, 0.6) is 0 Å². The molecule has 1 aliphatic heterocycles. The van der Waals surface area contributed by atoms with Crippen molar-refractivity contribution in [2.75, 3.05) is 26.2 Å². The fraction of sp³-hybridized carbons (Fsp3) is 0.389. The Hall–Kier alpha value is -1.81. The highest BCUT2D eigenvalue weighted by Gasteiger charge is 2.33. The van der Waals surface area contributed by atoms with E-state index in [2.05, 4.69) is 5.32 Å². The Balaban J connectivity index is 1.56. The number of sulfonamides is 1. The molecule has 1 aromatic carbocycles. The standard InChI is InChI=1S/C18H22FN3O3S2/c1-14(18(23)20-13-15-5-4-12-26-15)21-8-10-22(11-9-21)27(24,25)17-7-3-2-6-16(17)19/h2-7,12,14H,8-11,13H2,1H3,(H,20,23)/t14-/m1/s1. The molecule has 1 aromatic heterocycles.